The van der Waals surface area contributed by atoms with Gasteiger partial charge in [0.1, 0.15) is 0 Å². The summed E-state index contributed by atoms with van der Waals surface area (Å²) >= 11 is 0. The summed E-state index contributed by atoms with van der Waals surface area (Å²) in [5.41, 5.74) is 4.35. The smallest absolute Gasteiger partial charge is 0.0642 e. The van der Waals surface area contributed by atoms with Gasteiger partial charge in [-0.1, -0.05) is 25.2 Å². The van der Waals surface area contributed by atoms with Crippen LogP contribution < -0.4 is 0 Å². The van der Waals surface area contributed by atoms with Crippen molar-refractivity contribution in [2.75, 3.05) is 13.1 Å². The molecule has 0 aromatic carbocycles. The number of piperidine rings is 1. The summed E-state index contributed by atoms with van der Waals surface area (Å²) in [5, 5.41) is 0. The largest absolute Gasteiger partial charge is 0.373 e. The topological polar surface area (TPSA) is 15.6 Å². The van der Waals surface area contributed by atoms with E-state index in [-0.39, 0.29) is 0 Å². The maximum atomic E-state index is 5.03. The van der Waals surface area contributed by atoms with Gasteiger partial charge < -0.3 is 4.90 Å². The Labute approximate surface area is 115 Å². The first-order valence-electron chi connectivity index (χ1n) is 7.81. The SMILES string of the molecule is CCC1CCCN2CCC3C(=C12)N=C1C=CC=CC13. The highest BCUT2D eigenvalue weighted by molar-refractivity contribution is 6.02. The molecule has 0 bridgehead atoms. The predicted molar refractivity (Wildman–Crippen MR) is 78.9 cm³/mol. The molecule has 1 fully saturated rings. The molecule has 19 heavy (non-hydrogen) atoms. The Balaban J connectivity index is 1.81. The summed E-state index contributed by atoms with van der Waals surface area (Å²) in [6.07, 6.45) is 14.2. The van der Waals surface area contributed by atoms with Crippen LogP contribution in [0.25, 0.3) is 0 Å². The summed E-state index contributed by atoms with van der Waals surface area (Å²) in [5.74, 6) is 1.98. The van der Waals surface area contributed by atoms with Crippen molar-refractivity contribution in [2.45, 2.75) is 32.6 Å². The molecule has 2 nitrogen and oxygen atoms in total. The number of nitrogens with zero attached hydrogens (tertiary/aromatic N) is 2. The number of allylic oxidation sites excluding steroid dienone is 6. The van der Waals surface area contributed by atoms with E-state index in [4.69, 9.17) is 4.99 Å². The number of hydrogen-bond donors (Lipinski definition) is 0. The first kappa shape index (κ1) is 11.5. The highest BCUT2D eigenvalue weighted by Gasteiger charge is 2.41. The summed E-state index contributed by atoms with van der Waals surface area (Å²) in [7, 11) is 0. The van der Waals surface area contributed by atoms with Gasteiger partial charge in [0.25, 0.3) is 0 Å². The Bertz CT molecular complexity index is 509. The van der Waals surface area contributed by atoms with Crippen LogP contribution in [0.2, 0.25) is 0 Å². The Morgan fingerprint density at radius 2 is 2.21 bits per heavy atom. The van der Waals surface area contributed by atoms with Gasteiger partial charge in [0.2, 0.25) is 0 Å². The third-order valence-corrected chi connectivity index (χ3v) is 5.25. The summed E-state index contributed by atoms with van der Waals surface area (Å²) < 4.78 is 0. The lowest BCUT2D eigenvalue weighted by atomic mass is 9.78. The van der Waals surface area contributed by atoms with E-state index in [0.29, 0.717) is 11.8 Å². The monoisotopic (exact) mass is 254 g/mol. The minimum Gasteiger partial charge on any atom is -0.373 e. The maximum absolute atomic E-state index is 5.03. The van der Waals surface area contributed by atoms with E-state index in [1.807, 2.05) is 0 Å². The Morgan fingerprint density at radius 3 is 3.11 bits per heavy atom. The number of fused-ring (bicyclic) bond motifs is 4. The zero-order chi connectivity index (χ0) is 12.8. The Morgan fingerprint density at radius 1 is 1.26 bits per heavy atom. The fourth-order valence-electron chi connectivity index (χ4n) is 4.30. The van der Waals surface area contributed by atoms with Gasteiger partial charge in [-0.3, -0.25) is 4.99 Å². The zero-order valence-corrected chi connectivity index (χ0v) is 11.7. The van der Waals surface area contributed by atoms with Crippen molar-refractivity contribution in [2.24, 2.45) is 22.7 Å². The average molecular weight is 254 g/mol. The van der Waals surface area contributed by atoms with E-state index in [1.165, 1.54) is 50.2 Å². The summed E-state index contributed by atoms with van der Waals surface area (Å²) in [6, 6.07) is 0. The molecule has 0 aromatic rings. The van der Waals surface area contributed by atoms with E-state index in [9.17, 15) is 0 Å². The van der Waals surface area contributed by atoms with E-state index in [0.717, 1.165) is 5.92 Å². The van der Waals surface area contributed by atoms with E-state index < -0.39 is 0 Å². The second-order valence-electron chi connectivity index (χ2n) is 6.21. The standard InChI is InChI=1S/C17H22N2/c1-2-12-6-5-10-19-11-9-14-13-7-3-4-8-15(13)18-16(14)17(12)19/h3-4,7-8,12-14H,2,5-6,9-11H2,1H3. The van der Waals surface area contributed by atoms with Crippen LogP contribution in [0.4, 0.5) is 0 Å². The van der Waals surface area contributed by atoms with Gasteiger partial charge in [-0.15, -0.1) is 0 Å². The lowest BCUT2D eigenvalue weighted by molar-refractivity contribution is 0.197. The molecular weight excluding hydrogens is 232 g/mol. The van der Waals surface area contributed by atoms with E-state index >= 15 is 0 Å². The molecule has 0 saturated carbocycles. The molecule has 0 aromatic heterocycles. The Hall–Kier alpha value is -1.31. The van der Waals surface area contributed by atoms with Crippen molar-refractivity contribution in [3.8, 4) is 0 Å². The van der Waals surface area contributed by atoms with Crippen LogP contribution in [0.5, 0.6) is 0 Å². The first-order valence-corrected chi connectivity index (χ1v) is 7.81. The molecule has 0 N–H and O–H groups in total. The van der Waals surface area contributed by atoms with Crippen molar-refractivity contribution in [3.05, 3.63) is 35.7 Å². The molecule has 0 spiro atoms. The molecule has 3 heterocycles. The van der Waals surface area contributed by atoms with Crippen LogP contribution in [0.1, 0.15) is 32.6 Å². The molecule has 4 rings (SSSR count). The van der Waals surface area contributed by atoms with Crippen LogP contribution in [0.3, 0.4) is 0 Å². The molecular formula is C17H22N2. The maximum Gasteiger partial charge on any atom is 0.0642 e. The minimum absolute atomic E-state index is 0.564. The van der Waals surface area contributed by atoms with Crippen molar-refractivity contribution < 1.29 is 0 Å². The van der Waals surface area contributed by atoms with Crippen LogP contribution in [0.15, 0.2) is 40.7 Å². The van der Waals surface area contributed by atoms with Gasteiger partial charge in [0.15, 0.2) is 0 Å². The highest BCUT2D eigenvalue weighted by Crippen LogP contribution is 2.46. The van der Waals surface area contributed by atoms with Crippen molar-refractivity contribution >= 4 is 5.71 Å². The zero-order valence-electron chi connectivity index (χ0n) is 11.7. The number of aliphatic imine (C=N–C) groups is 1. The van der Waals surface area contributed by atoms with Gasteiger partial charge in [-0.25, -0.2) is 0 Å². The average Bonchev–Trinajstić information content (AvgIpc) is 2.85. The molecule has 3 unspecified atom stereocenters. The minimum atomic E-state index is 0.564. The van der Waals surface area contributed by atoms with Gasteiger partial charge in [0, 0.05) is 42.3 Å². The molecule has 1 aliphatic carbocycles. The second-order valence-corrected chi connectivity index (χ2v) is 6.21. The van der Waals surface area contributed by atoms with Crippen LogP contribution >= 0.6 is 0 Å². The lowest BCUT2D eigenvalue weighted by Gasteiger charge is -2.42. The van der Waals surface area contributed by atoms with Crippen molar-refractivity contribution in [3.63, 3.8) is 0 Å². The highest BCUT2D eigenvalue weighted by atomic mass is 15.2. The molecule has 4 aliphatic rings. The van der Waals surface area contributed by atoms with Gasteiger partial charge in [0.05, 0.1) is 5.70 Å². The van der Waals surface area contributed by atoms with Crippen LogP contribution in [-0.4, -0.2) is 23.7 Å². The van der Waals surface area contributed by atoms with Crippen molar-refractivity contribution in [1.29, 1.82) is 0 Å². The Kier molecular flexibility index (Phi) is 2.64. The third kappa shape index (κ3) is 1.65. The first-order chi connectivity index (χ1) is 9.38. The fourth-order valence-corrected chi connectivity index (χ4v) is 4.30. The number of hydrogen-bond acceptors (Lipinski definition) is 2. The second kappa shape index (κ2) is 4.36. The molecule has 100 valence electrons. The molecule has 3 atom stereocenters. The summed E-state index contributed by atoms with van der Waals surface area (Å²) in [6.45, 7) is 4.83. The quantitative estimate of drug-likeness (QED) is 0.699. The van der Waals surface area contributed by atoms with Gasteiger partial charge >= 0.3 is 0 Å². The van der Waals surface area contributed by atoms with Crippen molar-refractivity contribution in [1.82, 2.24) is 4.90 Å². The van der Waals surface area contributed by atoms with E-state index in [2.05, 4.69) is 36.1 Å². The molecule has 1 saturated heterocycles. The molecule has 0 radical (unpaired) electrons. The van der Waals surface area contributed by atoms with E-state index in [1.54, 1.807) is 5.70 Å². The van der Waals surface area contributed by atoms with Crippen LogP contribution in [0, 0.1) is 17.8 Å². The molecule has 3 aliphatic heterocycles. The van der Waals surface area contributed by atoms with Gasteiger partial charge in [-0.2, -0.15) is 0 Å². The molecule has 2 heteroatoms. The van der Waals surface area contributed by atoms with Crippen LogP contribution in [-0.2, 0) is 0 Å². The van der Waals surface area contributed by atoms with Gasteiger partial charge in [-0.05, 0) is 31.8 Å². The molecule has 0 amide bonds. The number of rotatable bonds is 1. The normalized spacial score (nSPS) is 35.9. The third-order valence-electron chi connectivity index (χ3n) is 5.25. The predicted octanol–water partition coefficient (Wildman–Crippen LogP) is 3.54. The lowest BCUT2D eigenvalue weighted by Crippen LogP contribution is -2.40. The fraction of sp³-hybridized carbons (Fsp3) is 0.588. The summed E-state index contributed by atoms with van der Waals surface area (Å²) in [4.78, 5) is 7.67.